The zero-order valence-corrected chi connectivity index (χ0v) is 18.3. The van der Waals surface area contributed by atoms with Gasteiger partial charge in [0.15, 0.2) is 0 Å². The molecule has 0 rings (SSSR count). The van der Waals surface area contributed by atoms with Gasteiger partial charge in [-0.05, 0) is 70.1 Å². The van der Waals surface area contributed by atoms with Crippen molar-refractivity contribution >= 4 is 0 Å². The molecule has 24 heavy (non-hydrogen) atoms. The fourth-order valence-electron chi connectivity index (χ4n) is 1.82. The highest BCUT2D eigenvalue weighted by atomic mass is 14.2. The first kappa shape index (κ1) is 30.4. The fourth-order valence-corrected chi connectivity index (χ4v) is 1.82. The van der Waals surface area contributed by atoms with E-state index >= 15 is 0 Å². The van der Waals surface area contributed by atoms with Crippen molar-refractivity contribution in [1.29, 1.82) is 0 Å². The van der Waals surface area contributed by atoms with Crippen LogP contribution in [0.5, 0.6) is 0 Å². The number of rotatable bonds is 6. The van der Waals surface area contributed by atoms with Crippen LogP contribution in [0.3, 0.4) is 0 Å². The van der Waals surface area contributed by atoms with Crippen LogP contribution in [-0.4, -0.2) is 0 Å². The second kappa shape index (κ2) is 23.7. The molecular weight excluding hydrogens is 288 g/mol. The summed E-state index contributed by atoms with van der Waals surface area (Å²) < 4.78 is 0. The summed E-state index contributed by atoms with van der Waals surface area (Å²) in [6.07, 6.45) is 8.42. The molecule has 0 saturated heterocycles. The molecule has 0 amide bonds. The average molecular weight is 333 g/mol. The van der Waals surface area contributed by atoms with Gasteiger partial charge in [-0.15, -0.1) is 12.3 Å². The largest absolute Gasteiger partial charge is 0.125 e. The van der Waals surface area contributed by atoms with Gasteiger partial charge in [0.25, 0.3) is 0 Å². The van der Waals surface area contributed by atoms with Crippen LogP contribution in [0.25, 0.3) is 0 Å². The second-order valence-corrected chi connectivity index (χ2v) is 5.01. The van der Waals surface area contributed by atoms with Gasteiger partial charge in [0.05, 0.1) is 0 Å². The summed E-state index contributed by atoms with van der Waals surface area (Å²) in [6, 6.07) is 0. The zero-order chi connectivity index (χ0) is 20.1. The van der Waals surface area contributed by atoms with Crippen molar-refractivity contribution in [3.8, 4) is 0 Å². The molecule has 0 bridgehead atoms. The van der Waals surface area contributed by atoms with Gasteiger partial charge in [0, 0.05) is 0 Å². The Bertz CT molecular complexity index is 409. The van der Waals surface area contributed by atoms with Crippen molar-refractivity contribution in [3.05, 3.63) is 66.0 Å². The summed E-state index contributed by atoms with van der Waals surface area (Å²) >= 11 is 0. The van der Waals surface area contributed by atoms with Gasteiger partial charge in [0.2, 0.25) is 0 Å². The Kier molecular flexibility index (Phi) is 30.0. The Hall–Kier alpha value is -1.52. The second-order valence-electron chi connectivity index (χ2n) is 5.01. The van der Waals surface area contributed by atoms with E-state index in [0.717, 1.165) is 17.6 Å². The molecule has 140 valence electrons. The van der Waals surface area contributed by atoms with Crippen LogP contribution in [0, 0.1) is 5.92 Å². The van der Waals surface area contributed by atoms with E-state index in [1.54, 1.807) is 6.08 Å². The maximum absolute atomic E-state index is 4.14. The van der Waals surface area contributed by atoms with Crippen LogP contribution in [0.4, 0.5) is 0 Å². The molecule has 0 aromatic carbocycles. The molecular formula is C24H44. The molecule has 0 heterocycles. The Labute approximate surface area is 154 Å². The van der Waals surface area contributed by atoms with Crippen molar-refractivity contribution in [3.63, 3.8) is 0 Å². The minimum absolute atomic E-state index is 0.533. The van der Waals surface area contributed by atoms with Crippen LogP contribution in [0.2, 0.25) is 0 Å². The predicted octanol–water partition coefficient (Wildman–Crippen LogP) is 8.85. The Morgan fingerprint density at radius 2 is 1.42 bits per heavy atom. The van der Waals surface area contributed by atoms with Crippen molar-refractivity contribution < 1.29 is 0 Å². The molecule has 0 saturated carbocycles. The first-order valence-electron chi connectivity index (χ1n) is 9.30. The number of hydrogen-bond acceptors (Lipinski definition) is 0. The fraction of sp³-hybridized carbons (Fsp3) is 0.542. The SMILES string of the molecule is C=C=C(C)C(=C)/C(=C\C)C(C)CC/C(C)=C/C.C=CC.CC.CC. The summed E-state index contributed by atoms with van der Waals surface area (Å²) in [4.78, 5) is 0. The summed E-state index contributed by atoms with van der Waals surface area (Å²) in [5.41, 5.74) is 7.83. The van der Waals surface area contributed by atoms with E-state index < -0.39 is 0 Å². The smallest absolute Gasteiger partial charge is 0.00284 e. The van der Waals surface area contributed by atoms with Crippen LogP contribution < -0.4 is 0 Å². The first-order valence-corrected chi connectivity index (χ1v) is 9.30. The quantitative estimate of drug-likeness (QED) is 0.259. The third kappa shape index (κ3) is 16.8. The monoisotopic (exact) mass is 332 g/mol. The van der Waals surface area contributed by atoms with Gasteiger partial charge in [-0.25, -0.2) is 0 Å². The van der Waals surface area contributed by atoms with Gasteiger partial charge in [-0.1, -0.05) is 71.6 Å². The topological polar surface area (TPSA) is 0 Å². The van der Waals surface area contributed by atoms with Crippen molar-refractivity contribution in [2.75, 3.05) is 0 Å². The Balaban J connectivity index is -0.000000247. The highest BCUT2D eigenvalue weighted by Gasteiger charge is 2.12. The molecule has 0 radical (unpaired) electrons. The highest BCUT2D eigenvalue weighted by Crippen LogP contribution is 2.27. The molecule has 1 atom stereocenters. The van der Waals surface area contributed by atoms with E-state index in [1.807, 2.05) is 41.5 Å². The molecule has 0 heteroatoms. The van der Waals surface area contributed by atoms with Crippen LogP contribution in [-0.2, 0) is 0 Å². The molecule has 1 unspecified atom stereocenters. The summed E-state index contributed by atoms with van der Waals surface area (Å²) in [5.74, 6) is 0.533. The highest BCUT2D eigenvalue weighted by molar-refractivity contribution is 5.43. The van der Waals surface area contributed by atoms with Gasteiger partial charge in [-0.3, -0.25) is 0 Å². The molecule has 0 N–H and O–H groups in total. The lowest BCUT2D eigenvalue weighted by molar-refractivity contribution is 0.616. The van der Waals surface area contributed by atoms with Gasteiger partial charge in [-0.2, -0.15) is 0 Å². The predicted molar refractivity (Wildman–Crippen MR) is 118 cm³/mol. The van der Waals surface area contributed by atoms with Gasteiger partial charge >= 0.3 is 0 Å². The van der Waals surface area contributed by atoms with Crippen molar-refractivity contribution in [1.82, 2.24) is 0 Å². The van der Waals surface area contributed by atoms with E-state index in [1.165, 1.54) is 17.6 Å². The lowest BCUT2D eigenvalue weighted by atomic mass is 9.87. The van der Waals surface area contributed by atoms with Gasteiger partial charge in [0.1, 0.15) is 0 Å². The number of hydrogen-bond donors (Lipinski definition) is 0. The molecule has 0 aliphatic carbocycles. The zero-order valence-electron chi connectivity index (χ0n) is 18.3. The third-order valence-electron chi connectivity index (χ3n) is 3.37. The van der Waals surface area contributed by atoms with Gasteiger partial charge < -0.3 is 0 Å². The Morgan fingerprint density at radius 1 is 1.00 bits per heavy atom. The minimum atomic E-state index is 0.533. The lowest BCUT2D eigenvalue weighted by Gasteiger charge is -2.18. The third-order valence-corrected chi connectivity index (χ3v) is 3.37. The molecule has 0 nitrogen and oxygen atoms in total. The molecule has 0 aromatic heterocycles. The van der Waals surface area contributed by atoms with Crippen molar-refractivity contribution in [2.45, 2.75) is 82.1 Å². The van der Waals surface area contributed by atoms with E-state index in [2.05, 4.69) is 65.3 Å². The van der Waals surface area contributed by atoms with E-state index in [4.69, 9.17) is 0 Å². The molecule has 0 aliphatic rings. The molecule has 0 spiro atoms. The molecule has 0 fully saturated rings. The van der Waals surface area contributed by atoms with Crippen molar-refractivity contribution in [2.24, 2.45) is 5.92 Å². The maximum Gasteiger partial charge on any atom is -0.00284 e. The van der Waals surface area contributed by atoms with Crippen LogP contribution >= 0.6 is 0 Å². The summed E-state index contributed by atoms with van der Waals surface area (Å²) in [7, 11) is 0. The van der Waals surface area contributed by atoms with Crippen LogP contribution in [0.15, 0.2) is 66.0 Å². The number of allylic oxidation sites excluding steroid dienone is 7. The molecule has 0 aliphatic heterocycles. The summed E-state index contributed by atoms with van der Waals surface area (Å²) in [6.45, 7) is 31.7. The minimum Gasteiger partial charge on any atom is -0.125 e. The normalized spacial score (nSPS) is 11.1. The molecule has 0 aromatic rings. The standard InChI is InChI=1S/C17H26.C3H6.2C2H6/c1-8-13(4)11-12-15(6)17(10-3)16(7)14(5)9-2;1-3-2;2*1-2/h8,10,15H,2,7,11-12H2,1,3-6H3;3H,1H2,2H3;2*1-2H3/b13-8+,17-10-;;;. The first-order chi connectivity index (χ1) is 11.4. The lowest BCUT2D eigenvalue weighted by Crippen LogP contribution is -2.03. The van der Waals surface area contributed by atoms with E-state index in [9.17, 15) is 0 Å². The van der Waals surface area contributed by atoms with E-state index in [-0.39, 0.29) is 0 Å². The van der Waals surface area contributed by atoms with E-state index in [0.29, 0.717) is 5.92 Å². The summed E-state index contributed by atoms with van der Waals surface area (Å²) in [5, 5.41) is 0. The average Bonchev–Trinajstić information content (AvgIpc) is 2.63. The maximum atomic E-state index is 4.14. The van der Waals surface area contributed by atoms with Crippen LogP contribution in [0.1, 0.15) is 82.1 Å². The Morgan fingerprint density at radius 3 is 1.71 bits per heavy atom.